The second-order valence-electron chi connectivity index (χ2n) is 9.63. The highest BCUT2D eigenvalue weighted by Crippen LogP contribution is 2.27. The number of amides is 1. The normalized spacial score (nSPS) is 11.3. The van der Waals surface area contributed by atoms with Gasteiger partial charge in [0.1, 0.15) is 5.82 Å². The van der Waals surface area contributed by atoms with E-state index in [0.29, 0.717) is 17.7 Å². The molecule has 0 saturated heterocycles. The summed E-state index contributed by atoms with van der Waals surface area (Å²) in [7, 11) is 0. The maximum atomic E-state index is 14.3. The molecule has 5 nitrogen and oxygen atoms in total. The largest absolute Gasteiger partial charge is 0.342 e. The van der Waals surface area contributed by atoms with Gasteiger partial charge in [-0.05, 0) is 61.0 Å². The van der Waals surface area contributed by atoms with Crippen molar-refractivity contribution < 1.29 is 9.18 Å². The number of nitrogens with one attached hydrogen (secondary N) is 1. The van der Waals surface area contributed by atoms with Crippen molar-refractivity contribution in [3.8, 4) is 16.9 Å². The highest BCUT2D eigenvalue weighted by molar-refractivity contribution is 6.00. The summed E-state index contributed by atoms with van der Waals surface area (Å²) in [5, 5.41) is 5.20. The van der Waals surface area contributed by atoms with Crippen LogP contribution in [-0.2, 0) is 6.54 Å². The van der Waals surface area contributed by atoms with Crippen LogP contribution in [0.1, 0.15) is 27.2 Å². The van der Waals surface area contributed by atoms with Crippen LogP contribution in [0.25, 0.3) is 27.8 Å². The number of hydrogen-bond donors (Lipinski definition) is 1. The van der Waals surface area contributed by atoms with E-state index >= 15 is 0 Å². The maximum absolute atomic E-state index is 14.3. The quantitative estimate of drug-likeness (QED) is 0.172. The molecule has 0 fully saturated rings. The van der Waals surface area contributed by atoms with Crippen molar-refractivity contribution in [1.82, 2.24) is 14.6 Å². The van der Waals surface area contributed by atoms with Crippen molar-refractivity contribution in [2.45, 2.75) is 13.5 Å². The van der Waals surface area contributed by atoms with Gasteiger partial charge >= 0.3 is 0 Å². The number of halogens is 1. The fraction of sp³-hybridized carbons (Fsp3) is 0.0588. The monoisotopic (exact) mass is 526 g/mol. The van der Waals surface area contributed by atoms with Crippen LogP contribution in [0.5, 0.6) is 0 Å². The Kier molecular flexibility index (Phi) is 6.81. The lowest BCUT2D eigenvalue weighted by Gasteiger charge is -2.12. The van der Waals surface area contributed by atoms with Crippen LogP contribution in [-0.4, -0.2) is 21.3 Å². The molecule has 0 saturated carbocycles. The number of rotatable bonds is 7. The number of benzene rings is 4. The van der Waals surface area contributed by atoms with Crippen LogP contribution < -0.4 is 5.43 Å². The molecule has 0 atom stereocenters. The maximum Gasteiger partial charge on any atom is 0.271 e. The zero-order chi connectivity index (χ0) is 27.5. The predicted octanol–water partition coefficient (Wildman–Crippen LogP) is 7.36. The van der Waals surface area contributed by atoms with E-state index in [1.165, 1.54) is 6.07 Å². The minimum atomic E-state index is -0.301. The van der Waals surface area contributed by atoms with Crippen molar-refractivity contribution in [2.24, 2.45) is 5.10 Å². The predicted molar refractivity (Wildman–Crippen MR) is 158 cm³/mol. The van der Waals surface area contributed by atoms with Crippen molar-refractivity contribution in [3.63, 3.8) is 0 Å². The lowest BCUT2D eigenvalue weighted by Crippen LogP contribution is -2.17. The van der Waals surface area contributed by atoms with E-state index < -0.39 is 0 Å². The van der Waals surface area contributed by atoms with E-state index in [1.54, 1.807) is 30.5 Å². The zero-order valence-corrected chi connectivity index (χ0v) is 22.0. The van der Waals surface area contributed by atoms with E-state index in [0.717, 1.165) is 39.1 Å². The number of hydrazone groups is 1. The Labute approximate surface area is 231 Å². The summed E-state index contributed by atoms with van der Waals surface area (Å²) in [5.74, 6) is -0.539. The number of nitrogens with zero attached hydrogens (tertiary/aromatic N) is 3. The Bertz CT molecular complexity index is 1830. The van der Waals surface area contributed by atoms with Crippen molar-refractivity contribution in [3.05, 3.63) is 150 Å². The third kappa shape index (κ3) is 4.95. The lowest BCUT2D eigenvalue weighted by atomic mass is 10.1. The number of para-hydroxylation sites is 1. The minimum Gasteiger partial charge on any atom is -0.342 e. The molecule has 4 aromatic carbocycles. The van der Waals surface area contributed by atoms with Gasteiger partial charge in [0.2, 0.25) is 0 Å². The van der Waals surface area contributed by atoms with E-state index in [9.17, 15) is 9.18 Å². The second kappa shape index (κ2) is 10.9. The standard InChI is InChI=1S/C34H27FN4O/c1-24-15-20-32(25-9-3-2-4-10-25)39(24)29-18-16-26(17-19-29)34(40)37-36-21-28-23-38(33-14-8-6-12-30(28)33)22-27-11-5-7-13-31(27)35/h2-21,23H,22H2,1H3,(H,37,40)/b36-21+. The minimum absolute atomic E-state index is 0.239. The molecule has 0 radical (unpaired) electrons. The summed E-state index contributed by atoms with van der Waals surface area (Å²) in [5.41, 5.74) is 9.85. The van der Waals surface area contributed by atoms with Gasteiger partial charge in [-0.15, -0.1) is 0 Å². The molecule has 6 aromatic rings. The van der Waals surface area contributed by atoms with Crippen LogP contribution in [0.3, 0.4) is 0 Å². The van der Waals surface area contributed by atoms with E-state index in [1.807, 2.05) is 71.4 Å². The zero-order valence-electron chi connectivity index (χ0n) is 22.0. The molecular formula is C34H27FN4O. The summed E-state index contributed by atoms with van der Waals surface area (Å²) in [4.78, 5) is 12.9. The van der Waals surface area contributed by atoms with Crippen molar-refractivity contribution in [1.29, 1.82) is 0 Å². The Morgan fingerprint density at radius 2 is 1.57 bits per heavy atom. The van der Waals surface area contributed by atoms with Crippen LogP contribution in [0.2, 0.25) is 0 Å². The molecule has 1 amide bonds. The van der Waals surface area contributed by atoms with Gasteiger partial charge in [-0.2, -0.15) is 5.10 Å². The summed E-state index contributed by atoms with van der Waals surface area (Å²) in [6.45, 7) is 2.46. The van der Waals surface area contributed by atoms with Crippen LogP contribution in [0, 0.1) is 12.7 Å². The second-order valence-corrected chi connectivity index (χ2v) is 9.63. The molecule has 2 aromatic heterocycles. The van der Waals surface area contributed by atoms with Gasteiger partial charge in [0, 0.05) is 45.2 Å². The number of fused-ring (bicyclic) bond motifs is 1. The van der Waals surface area contributed by atoms with Crippen LogP contribution >= 0.6 is 0 Å². The fourth-order valence-corrected chi connectivity index (χ4v) is 5.02. The first-order valence-electron chi connectivity index (χ1n) is 13.1. The van der Waals surface area contributed by atoms with Crippen LogP contribution in [0.15, 0.2) is 127 Å². The molecule has 40 heavy (non-hydrogen) atoms. The molecule has 0 unspecified atom stereocenters. The van der Waals surface area contributed by atoms with E-state index in [4.69, 9.17) is 0 Å². The first-order valence-corrected chi connectivity index (χ1v) is 13.1. The van der Waals surface area contributed by atoms with Gasteiger partial charge in [0.25, 0.3) is 5.91 Å². The summed E-state index contributed by atoms with van der Waals surface area (Å²) < 4.78 is 18.4. The smallest absolute Gasteiger partial charge is 0.271 e. The molecule has 6 heteroatoms. The Morgan fingerprint density at radius 3 is 2.38 bits per heavy atom. The molecule has 0 aliphatic rings. The van der Waals surface area contributed by atoms with E-state index in [-0.39, 0.29) is 11.7 Å². The molecule has 0 aliphatic carbocycles. The molecule has 6 rings (SSSR count). The Hall–Kier alpha value is -5.23. The molecular weight excluding hydrogens is 499 g/mol. The van der Waals surface area contributed by atoms with E-state index in [2.05, 4.69) is 46.3 Å². The summed E-state index contributed by atoms with van der Waals surface area (Å²) >= 11 is 0. The molecule has 1 N–H and O–H groups in total. The highest BCUT2D eigenvalue weighted by atomic mass is 19.1. The third-order valence-corrected chi connectivity index (χ3v) is 7.02. The molecule has 0 aliphatic heterocycles. The van der Waals surface area contributed by atoms with Crippen molar-refractivity contribution in [2.75, 3.05) is 0 Å². The number of carbonyl (C=O) groups is 1. The van der Waals surface area contributed by atoms with Gasteiger partial charge in [-0.3, -0.25) is 4.79 Å². The molecule has 0 spiro atoms. The Morgan fingerprint density at radius 1 is 0.850 bits per heavy atom. The van der Waals surface area contributed by atoms with Crippen LogP contribution in [0.4, 0.5) is 4.39 Å². The average Bonchev–Trinajstić information content (AvgIpc) is 3.55. The van der Waals surface area contributed by atoms with Gasteiger partial charge in [-0.1, -0.05) is 66.7 Å². The number of hydrogen-bond acceptors (Lipinski definition) is 2. The summed E-state index contributed by atoms with van der Waals surface area (Å²) in [6.07, 6.45) is 3.55. The number of aryl methyl sites for hydroxylation is 1. The van der Waals surface area contributed by atoms with Gasteiger partial charge in [0.15, 0.2) is 0 Å². The van der Waals surface area contributed by atoms with Gasteiger partial charge < -0.3 is 9.13 Å². The van der Waals surface area contributed by atoms with Gasteiger partial charge in [-0.25, -0.2) is 9.82 Å². The fourth-order valence-electron chi connectivity index (χ4n) is 5.02. The topological polar surface area (TPSA) is 51.3 Å². The third-order valence-electron chi connectivity index (χ3n) is 7.02. The SMILES string of the molecule is Cc1ccc(-c2ccccc2)n1-c1ccc(C(=O)N/N=C/c2cn(Cc3ccccc3F)c3ccccc23)cc1. The molecule has 2 heterocycles. The lowest BCUT2D eigenvalue weighted by molar-refractivity contribution is 0.0955. The molecule has 196 valence electrons. The number of carbonyl (C=O) groups excluding carboxylic acids is 1. The highest BCUT2D eigenvalue weighted by Gasteiger charge is 2.12. The Balaban J connectivity index is 1.19. The summed E-state index contributed by atoms with van der Waals surface area (Å²) in [6, 6.07) is 36.5. The van der Waals surface area contributed by atoms with Crippen molar-refractivity contribution >= 4 is 23.0 Å². The first kappa shape index (κ1) is 25.1. The van der Waals surface area contributed by atoms with Gasteiger partial charge in [0.05, 0.1) is 18.5 Å². The molecule has 0 bridgehead atoms. The number of aromatic nitrogens is 2. The average molecular weight is 527 g/mol. The first-order chi connectivity index (χ1) is 19.6.